The summed E-state index contributed by atoms with van der Waals surface area (Å²) >= 11 is 0. The summed E-state index contributed by atoms with van der Waals surface area (Å²) in [4.78, 5) is 18.5. The summed E-state index contributed by atoms with van der Waals surface area (Å²) in [5.41, 5.74) is 1.60. The first kappa shape index (κ1) is 16.5. The standard InChI is InChI=1S/C16H23N3O3/c1-11-17-13-7-12(5-6-14(13)19(11)4)15(22)18(3)8-16(2,9-20)10-21/h5-7,20-21H,8-10H2,1-4H3. The predicted octanol–water partition coefficient (Wildman–Crippen LogP) is 0.945. The van der Waals surface area contributed by atoms with E-state index in [0.717, 1.165) is 16.9 Å². The number of aliphatic hydroxyl groups excluding tert-OH is 2. The Morgan fingerprint density at radius 1 is 1.36 bits per heavy atom. The maximum absolute atomic E-state index is 12.5. The van der Waals surface area contributed by atoms with Crippen LogP contribution >= 0.6 is 0 Å². The average molecular weight is 305 g/mol. The summed E-state index contributed by atoms with van der Waals surface area (Å²) in [6.45, 7) is 3.57. The zero-order valence-electron chi connectivity index (χ0n) is 13.5. The molecule has 22 heavy (non-hydrogen) atoms. The number of carbonyl (C=O) groups excluding carboxylic acids is 1. The lowest BCUT2D eigenvalue weighted by molar-refractivity contribution is 0.0366. The van der Waals surface area contributed by atoms with Gasteiger partial charge < -0.3 is 19.7 Å². The molecule has 2 N–H and O–H groups in total. The van der Waals surface area contributed by atoms with Gasteiger partial charge in [-0.15, -0.1) is 0 Å². The van der Waals surface area contributed by atoms with Gasteiger partial charge in [-0.2, -0.15) is 0 Å². The van der Waals surface area contributed by atoms with E-state index in [1.54, 1.807) is 26.1 Å². The lowest BCUT2D eigenvalue weighted by Gasteiger charge is -2.30. The molecule has 0 saturated carbocycles. The number of aliphatic hydroxyl groups is 2. The summed E-state index contributed by atoms with van der Waals surface area (Å²) in [6, 6.07) is 5.43. The minimum atomic E-state index is -0.712. The zero-order chi connectivity index (χ0) is 16.5. The van der Waals surface area contributed by atoms with Crippen LogP contribution in [0.2, 0.25) is 0 Å². The number of aryl methyl sites for hydroxylation is 2. The van der Waals surface area contributed by atoms with Gasteiger partial charge in [0, 0.05) is 31.6 Å². The van der Waals surface area contributed by atoms with Gasteiger partial charge in [0.1, 0.15) is 5.82 Å². The van der Waals surface area contributed by atoms with Crippen LogP contribution in [0.3, 0.4) is 0 Å². The van der Waals surface area contributed by atoms with E-state index in [9.17, 15) is 15.0 Å². The molecule has 0 bridgehead atoms. The van der Waals surface area contributed by atoms with Crippen molar-refractivity contribution < 1.29 is 15.0 Å². The van der Waals surface area contributed by atoms with Crippen LogP contribution in [-0.2, 0) is 7.05 Å². The molecule has 6 nitrogen and oxygen atoms in total. The number of carbonyl (C=O) groups is 1. The number of aromatic nitrogens is 2. The van der Waals surface area contributed by atoms with Gasteiger partial charge in [0.25, 0.3) is 5.91 Å². The smallest absolute Gasteiger partial charge is 0.253 e. The largest absolute Gasteiger partial charge is 0.396 e. The molecule has 0 unspecified atom stereocenters. The third-order valence-corrected chi connectivity index (χ3v) is 4.08. The Morgan fingerprint density at radius 2 is 2.00 bits per heavy atom. The van der Waals surface area contributed by atoms with Gasteiger partial charge in [-0.25, -0.2) is 4.98 Å². The van der Waals surface area contributed by atoms with E-state index in [4.69, 9.17) is 0 Å². The van der Waals surface area contributed by atoms with Crippen LogP contribution in [-0.4, -0.2) is 57.4 Å². The fraction of sp³-hybridized carbons (Fsp3) is 0.500. The number of hydrogen-bond acceptors (Lipinski definition) is 4. The summed E-state index contributed by atoms with van der Waals surface area (Å²) < 4.78 is 1.97. The third-order valence-electron chi connectivity index (χ3n) is 4.08. The quantitative estimate of drug-likeness (QED) is 0.862. The first-order valence-corrected chi connectivity index (χ1v) is 7.21. The fourth-order valence-electron chi connectivity index (χ4n) is 2.47. The molecule has 1 amide bonds. The van der Waals surface area contributed by atoms with Gasteiger partial charge >= 0.3 is 0 Å². The molecule has 0 atom stereocenters. The van der Waals surface area contributed by atoms with E-state index in [1.165, 1.54) is 4.90 Å². The van der Waals surface area contributed by atoms with Crippen LogP contribution in [0.5, 0.6) is 0 Å². The molecular weight excluding hydrogens is 282 g/mol. The molecule has 1 heterocycles. The molecule has 2 aromatic rings. The Morgan fingerprint density at radius 3 is 2.59 bits per heavy atom. The normalized spacial score (nSPS) is 11.9. The minimum Gasteiger partial charge on any atom is -0.396 e. The summed E-state index contributed by atoms with van der Waals surface area (Å²) in [6.07, 6.45) is 0. The molecule has 0 spiro atoms. The number of fused-ring (bicyclic) bond motifs is 1. The molecule has 2 rings (SSSR count). The van der Waals surface area contributed by atoms with Crippen molar-refractivity contribution in [3.8, 4) is 0 Å². The highest BCUT2D eigenvalue weighted by molar-refractivity contribution is 5.97. The summed E-state index contributed by atoms with van der Waals surface area (Å²) in [5, 5.41) is 18.7. The van der Waals surface area contributed by atoms with Gasteiger partial charge in [0.2, 0.25) is 0 Å². The first-order chi connectivity index (χ1) is 10.3. The molecule has 6 heteroatoms. The van der Waals surface area contributed by atoms with Crippen molar-refractivity contribution >= 4 is 16.9 Å². The number of nitrogens with zero attached hydrogens (tertiary/aromatic N) is 3. The second-order valence-electron chi connectivity index (χ2n) is 6.21. The van der Waals surface area contributed by atoms with Gasteiger partial charge in [0.05, 0.1) is 24.2 Å². The van der Waals surface area contributed by atoms with Gasteiger partial charge in [-0.3, -0.25) is 4.79 Å². The second-order valence-corrected chi connectivity index (χ2v) is 6.21. The fourth-order valence-corrected chi connectivity index (χ4v) is 2.47. The van der Waals surface area contributed by atoms with Crippen LogP contribution in [0.1, 0.15) is 23.1 Å². The van der Waals surface area contributed by atoms with Gasteiger partial charge in [-0.1, -0.05) is 6.92 Å². The third kappa shape index (κ3) is 2.98. The van der Waals surface area contributed by atoms with Crippen LogP contribution in [0, 0.1) is 12.3 Å². The first-order valence-electron chi connectivity index (χ1n) is 7.21. The Hall–Kier alpha value is -1.92. The Bertz CT molecular complexity index is 689. The summed E-state index contributed by atoms with van der Waals surface area (Å²) in [5.74, 6) is 0.736. The van der Waals surface area contributed by atoms with Gasteiger partial charge in [-0.05, 0) is 25.1 Å². The molecule has 0 aliphatic heterocycles. The van der Waals surface area contributed by atoms with E-state index in [1.807, 2.05) is 24.6 Å². The molecular formula is C16H23N3O3. The maximum atomic E-state index is 12.5. The van der Waals surface area contributed by atoms with Gasteiger partial charge in [0.15, 0.2) is 0 Å². The van der Waals surface area contributed by atoms with Crippen molar-refractivity contribution in [1.29, 1.82) is 0 Å². The highest BCUT2D eigenvalue weighted by atomic mass is 16.3. The van der Waals surface area contributed by atoms with E-state index in [0.29, 0.717) is 5.56 Å². The molecule has 0 radical (unpaired) electrons. The highest BCUT2D eigenvalue weighted by Crippen LogP contribution is 2.20. The van der Waals surface area contributed by atoms with Crippen molar-refractivity contribution in [1.82, 2.24) is 14.5 Å². The van der Waals surface area contributed by atoms with Crippen molar-refractivity contribution in [3.63, 3.8) is 0 Å². The second kappa shape index (κ2) is 6.06. The molecule has 0 aliphatic rings. The monoisotopic (exact) mass is 305 g/mol. The van der Waals surface area contributed by atoms with Crippen molar-refractivity contribution in [2.75, 3.05) is 26.8 Å². The number of rotatable bonds is 5. The van der Waals surface area contributed by atoms with Crippen molar-refractivity contribution in [2.24, 2.45) is 12.5 Å². The lowest BCUT2D eigenvalue weighted by atomic mass is 9.92. The van der Waals surface area contributed by atoms with E-state index in [-0.39, 0.29) is 25.7 Å². The number of amides is 1. The molecule has 1 aromatic heterocycles. The summed E-state index contributed by atoms with van der Waals surface area (Å²) in [7, 11) is 3.60. The SMILES string of the molecule is Cc1nc2cc(C(=O)N(C)CC(C)(CO)CO)ccc2n1C. The van der Waals surface area contributed by atoms with E-state index < -0.39 is 5.41 Å². The number of benzene rings is 1. The Labute approximate surface area is 130 Å². The minimum absolute atomic E-state index is 0.154. The van der Waals surface area contributed by atoms with Crippen LogP contribution < -0.4 is 0 Å². The van der Waals surface area contributed by atoms with Crippen LogP contribution in [0.15, 0.2) is 18.2 Å². The Balaban J connectivity index is 2.25. The average Bonchev–Trinajstić information content (AvgIpc) is 2.80. The van der Waals surface area contributed by atoms with E-state index in [2.05, 4.69) is 4.98 Å². The molecule has 120 valence electrons. The van der Waals surface area contributed by atoms with E-state index >= 15 is 0 Å². The topological polar surface area (TPSA) is 78.6 Å². The van der Waals surface area contributed by atoms with Crippen molar-refractivity contribution in [2.45, 2.75) is 13.8 Å². The van der Waals surface area contributed by atoms with Crippen LogP contribution in [0.25, 0.3) is 11.0 Å². The lowest BCUT2D eigenvalue weighted by Crippen LogP contribution is -2.41. The van der Waals surface area contributed by atoms with Crippen molar-refractivity contribution in [3.05, 3.63) is 29.6 Å². The molecule has 0 aliphatic carbocycles. The predicted molar refractivity (Wildman–Crippen MR) is 84.7 cm³/mol. The highest BCUT2D eigenvalue weighted by Gasteiger charge is 2.27. The molecule has 0 fully saturated rings. The zero-order valence-corrected chi connectivity index (χ0v) is 13.5. The molecule has 0 saturated heterocycles. The number of imidazole rings is 1. The molecule has 1 aromatic carbocycles. The maximum Gasteiger partial charge on any atom is 0.253 e. The Kier molecular flexibility index (Phi) is 4.53. The van der Waals surface area contributed by atoms with Crippen LogP contribution in [0.4, 0.5) is 0 Å². The number of hydrogen-bond donors (Lipinski definition) is 2.